The number of hydrogen-bond donors (Lipinski definition) is 3. The van der Waals surface area contributed by atoms with Gasteiger partial charge in [-0.05, 0) is 41.7 Å². The number of allylic oxidation sites excluding steroid dienone is 2. The van der Waals surface area contributed by atoms with Gasteiger partial charge in [-0.25, -0.2) is 17.9 Å². The Kier molecular flexibility index (Phi) is 8.66. The zero-order valence-electron chi connectivity index (χ0n) is 20.2. The van der Waals surface area contributed by atoms with E-state index in [0.717, 1.165) is 5.56 Å². The van der Waals surface area contributed by atoms with Gasteiger partial charge in [0.2, 0.25) is 5.91 Å². The number of sulfonamides is 1. The average molecular weight is 492 g/mol. The maximum absolute atomic E-state index is 12.7. The number of carbonyl (C=O) groups is 3. The predicted molar refractivity (Wildman–Crippen MR) is 128 cm³/mol. The summed E-state index contributed by atoms with van der Waals surface area (Å²) in [7, 11) is -4.12. The van der Waals surface area contributed by atoms with E-state index in [1.54, 1.807) is 30.9 Å². The maximum atomic E-state index is 12.7. The molecule has 0 aliphatic carbocycles. The molecule has 9 nitrogen and oxygen atoms in total. The molecule has 34 heavy (non-hydrogen) atoms. The number of carbonyl (C=O) groups excluding carboxylic acids is 2. The highest BCUT2D eigenvalue weighted by atomic mass is 32.2. The van der Waals surface area contributed by atoms with Gasteiger partial charge in [0, 0.05) is 31.1 Å². The van der Waals surface area contributed by atoms with Crippen LogP contribution in [0.5, 0.6) is 0 Å². The minimum Gasteiger partial charge on any atom is -0.477 e. The Hall–Kier alpha value is -3.14. The lowest BCUT2D eigenvalue weighted by Gasteiger charge is -2.34. The molecule has 2 rings (SSSR count). The number of nitrogens with zero attached hydrogens (tertiary/aromatic N) is 1. The van der Waals surface area contributed by atoms with Crippen LogP contribution in [0.25, 0.3) is 0 Å². The fourth-order valence-electron chi connectivity index (χ4n) is 3.31. The summed E-state index contributed by atoms with van der Waals surface area (Å²) in [5.41, 5.74) is 0.803. The van der Waals surface area contributed by atoms with E-state index in [1.807, 2.05) is 20.8 Å². The first-order chi connectivity index (χ1) is 15.7. The number of benzene rings is 1. The topological polar surface area (TPSA) is 133 Å². The highest BCUT2D eigenvalue weighted by molar-refractivity contribution is 7.90. The number of nitrogens with one attached hydrogen (secondary N) is 2. The Bertz CT molecular complexity index is 1100. The van der Waals surface area contributed by atoms with E-state index in [-0.39, 0.29) is 40.0 Å². The van der Waals surface area contributed by atoms with Crippen LogP contribution in [0.15, 0.2) is 52.6 Å². The molecule has 186 valence electrons. The lowest BCUT2D eigenvalue weighted by molar-refractivity contribution is -0.134. The average Bonchev–Trinajstić information content (AvgIpc) is 2.72. The molecule has 0 saturated carbocycles. The van der Waals surface area contributed by atoms with Crippen LogP contribution in [0, 0.1) is 11.3 Å². The molecule has 2 amide bonds. The molecule has 1 aromatic rings. The molecule has 0 aromatic heterocycles. The molecule has 1 aromatic carbocycles. The Morgan fingerprint density at radius 2 is 1.71 bits per heavy atom. The summed E-state index contributed by atoms with van der Waals surface area (Å²) in [5.74, 6) is -2.08. The first-order valence-electron chi connectivity index (χ1n) is 11.0. The van der Waals surface area contributed by atoms with Gasteiger partial charge in [0.25, 0.3) is 15.9 Å². The van der Waals surface area contributed by atoms with E-state index in [1.165, 1.54) is 24.3 Å². The second-order valence-corrected chi connectivity index (χ2v) is 11.4. The summed E-state index contributed by atoms with van der Waals surface area (Å²) in [6, 6.07) is 6.07. The predicted octanol–water partition coefficient (Wildman–Crippen LogP) is 2.06. The van der Waals surface area contributed by atoms with Crippen LogP contribution >= 0.6 is 0 Å². The van der Waals surface area contributed by atoms with Crippen LogP contribution in [0.1, 0.15) is 40.2 Å². The quantitative estimate of drug-likeness (QED) is 0.482. The largest absolute Gasteiger partial charge is 0.477 e. The third-order valence-electron chi connectivity index (χ3n) is 5.02. The van der Waals surface area contributed by atoms with Crippen molar-refractivity contribution in [2.45, 2.75) is 45.9 Å². The van der Waals surface area contributed by atoms with Crippen LogP contribution < -0.4 is 10.0 Å². The molecule has 1 heterocycles. The van der Waals surface area contributed by atoms with E-state index in [9.17, 15) is 27.9 Å². The molecule has 10 heteroatoms. The first kappa shape index (κ1) is 27.1. The van der Waals surface area contributed by atoms with E-state index < -0.39 is 21.9 Å². The Labute approximate surface area is 201 Å². The summed E-state index contributed by atoms with van der Waals surface area (Å²) >= 11 is 0. The molecule has 1 aliphatic heterocycles. The lowest BCUT2D eigenvalue weighted by atomic mass is 9.94. The fraction of sp³-hybridized carbons (Fsp3) is 0.458. The summed E-state index contributed by atoms with van der Waals surface area (Å²) < 4.78 is 27.5. The van der Waals surface area contributed by atoms with Crippen molar-refractivity contribution in [1.82, 2.24) is 14.9 Å². The highest BCUT2D eigenvalue weighted by Gasteiger charge is 2.29. The molecule has 0 unspecified atom stereocenters. The molecule has 0 bridgehead atoms. The van der Waals surface area contributed by atoms with Gasteiger partial charge in [-0.2, -0.15) is 0 Å². The second kappa shape index (κ2) is 10.9. The Morgan fingerprint density at radius 3 is 2.24 bits per heavy atom. The second-order valence-electron chi connectivity index (χ2n) is 9.74. The molecule has 3 N–H and O–H groups in total. The molecular weight excluding hydrogens is 458 g/mol. The van der Waals surface area contributed by atoms with E-state index in [4.69, 9.17) is 0 Å². The zero-order chi connectivity index (χ0) is 25.7. The number of carboxylic acids is 1. The normalized spacial score (nSPS) is 14.4. The first-order valence-corrected chi connectivity index (χ1v) is 12.5. The van der Waals surface area contributed by atoms with Crippen LogP contribution in [0.2, 0.25) is 0 Å². The molecule has 0 fully saturated rings. The zero-order valence-corrected chi connectivity index (χ0v) is 21.0. The van der Waals surface area contributed by atoms with Crippen LogP contribution in [0.4, 0.5) is 0 Å². The minimum absolute atomic E-state index is 0.0161. The van der Waals surface area contributed by atoms with Crippen molar-refractivity contribution in [2.24, 2.45) is 11.3 Å². The third-order valence-corrected chi connectivity index (χ3v) is 6.37. The van der Waals surface area contributed by atoms with Gasteiger partial charge >= 0.3 is 5.97 Å². The van der Waals surface area contributed by atoms with Crippen molar-refractivity contribution in [3.8, 4) is 0 Å². The number of aliphatic carboxylic acids is 1. The van der Waals surface area contributed by atoms with Crippen molar-refractivity contribution in [1.29, 1.82) is 0 Å². The molecule has 0 spiro atoms. The van der Waals surface area contributed by atoms with Crippen molar-refractivity contribution in [3.63, 3.8) is 0 Å². The number of amides is 2. The summed E-state index contributed by atoms with van der Waals surface area (Å²) in [4.78, 5) is 37.3. The molecular formula is C24H33N3O6S. The maximum Gasteiger partial charge on any atom is 0.352 e. The van der Waals surface area contributed by atoms with Gasteiger partial charge in [-0.3, -0.25) is 9.59 Å². The highest BCUT2D eigenvalue weighted by Crippen LogP contribution is 2.23. The van der Waals surface area contributed by atoms with E-state index in [2.05, 4.69) is 10.0 Å². The lowest BCUT2D eigenvalue weighted by Crippen LogP contribution is -2.41. The Balaban J connectivity index is 2.07. The number of rotatable bonds is 9. The minimum atomic E-state index is -4.12. The fourth-order valence-corrected chi connectivity index (χ4v) is 4.30. The van der Waals surface area contributed by atoms with E-state index >= 15 is 0 Å². The third kappa shape index (κ3) is 7.72. The summed E-state index contributed by atoms with van der Waals surface area (Å²) in [6.45, 7) is 10.2. The molecule has 1 aliphatic rings. The van der Waals surface area contributed by atoms with Gasteiger partial charge in [0.05, 0.1) is 4.90 Å². The summed E-state index contributed by atoms with van der Waals surface area (Å²) in [6.07, 6.45) is 3.19. The standard InChI is InChI=1S/C24H33N3O6S/c1-16(2)21(28)25-13-12-17-6-9-19(10-7-17)34(32,33)26-22(29)18-8-11-20(23(30)31)27(14-18)15-24(3,4)5/h6-11,16H,12-15H2,1-5H3,(H,25,28)(H,26,29)(H,30,31). The summed E-state index contributed by atoms with van der Waals surface area (Å²) in [5, 5.41) is 12.2. The number of carboxylic acid groups (broad SMARTS) is 1. The smallest absolute Gasteiger partial charge is 0.352 e. The van der Waals surface area contributed by atoms with Gasteiger partial charge in [0.15, 0.2) is 0 Å². The van der Waals surface area contributed by atoms with E-state index in [0.29, 0.717) is 19.5 Å². The molecule has 0 atom stereocenters. The van der Waals surface area contributed by atoms with Crippen molar-refractivity contribution < 1.29 is 27.9 Å². The Morgan fingerprint density at radius 1 is 1.09 bits per heavy atom. The van der Waals surface area contributed by atoms with Gasteiger partial charge in [-0.1, -0.05) is 46.8 Å². The van der Waals surface area contributed by atoms with Crippen LogP contribution in [-0.2, 0) is 30.8 Å². The van der Waals surface area contributed by atoms with Gasteiger partial charge < -0.3 is 15.3 Å². The van der Waals surface area contributed by atoms with Crippen LogP contribution in [0.3, 0.4) is 0 Å². The van der Waals surface area contributed by atoms with Crippen molar-refractivity contribution in [2.75, 3.05) is 19.6 Å². The number of hydrogen-bond acceptors (Lipinski definition) is 6. The van der Waals surface area contributed by atoms with Crippen molar-refractivity contribution >= 4 is 27.8 Å². The monoisotopic (exact) mass is 491 g/mol. The van der Waals surface area contributed by atoms with Gasteiger partial charge in [0.1, 0.15) is 5.70 Å². The van der Waals surface area contributed by atoms with Crippen LogP contribution in [-0.4, -0.2) is 55.8 Å². The van der Waals surface area contributed by atoms with Gasteiger partial charge in [-0.15, -0.1) is 0 Å². The van der Waals surface area contributed by atoms with Crippen molar-refractivity contribution in [3.05, 3.63) is 53.3 Å². The SMILES string of the molecule is CC(C)C(=O)NCCc1ccc(S(=O)(=O)NC(=O)C2=CC=C(C(=O)O)N(CC(C)(C)C)C2)cc1. The molecule has 0 radical (unpaired) electrons. The molecule has 0 saturated heterocycles.